The summed E-state index contributed by atoms with van der Waals surface area (Å²) in [5.41, 5.74) is 3.10. The number of halogens is 1. The van der Waals surface area contributed by atoms with Crippen molar-refractivity contribution in [3.63, 3.8) is 0 Å². The Morgan fingerprint density at radius 2 is 2.23 bits per heavy atom. The minimum Gasteiger partial charge on any atom is -0.380 e. The van der Waals surface area contributed by atoms with Gasteiger partial charge in [0, 0.05) is 36.8 Å². The number of ether oxygens (including phenoxy) is 1. The highest BCUT2D eigenvalue weighted by molar-refractivity contribution is 14.1. The highest BCUT2D eigenvalue weighted by Crippen LogP contribution is 2.22. The zero-order valence-electron chi connectivity index (χ0n) is 14.3. The number of nitrogens with one attached hydrogen (secondary N) is 2. The number of imidazole rings is 1. The van der Waals surface area contributed by atoms with E-state index in [0.29, 0.717) is 31.1 Å². The number of hydrogen-bond acceptors (Lipinski definition) is 5. The number of fused-ring (bicyclic) bond motifs is 1. The van der Waals surface area contributed by atoms with Gasteiger partial charge in [0.15, 0.2) is 11.5 Å². The van der Waals surface area contributed by atoms with Crippen LogP contribution in [0.25, 0.3) is 5.65 Å². The Hall–Kier alpha value is -2.20. The van der Waals surface area contributed by atoms with E-state index in [-0.39, 0.29) is 5.91 Å². The van der Waals surface area contributed by atoms with E-state index in [4.69, 9.17) is 4.74 Å². The van der Waals surface area contributed by atoms with Gasteiger partial charge in [-0.2, -0.15) is 0 Å². The molecule has 7 nitrogen and oxygen atoms in total. The maximum Gasteiger partial charge on any atom is 0.251 e. The van der Waals surface area contributed by atoms with Crippen molar-refractivity contribution in [3.8, 4) is 0 Å². The van der Waals surface area contributed by atoms with Crippen LogP contribution in [0.3, 0.4) is 0 Å². The van der Waals surface area contributed by atoms with Gasteiger partial charge in [-0.05, 0) is 60.2 Å². The van der Waals surface area contributed by atoms with Gasteiger partial charge in [-0.1, -0.05) is 0 Å². The molecule has 0 aliphatic rings. The number of carbonyl (C=O) groups excluding carboxylic acids is 1. The lowest BCUT2D eigenvalue weighted by molar-refractivity contribution is 0.0927. The Morgan fingerprint density at radius 1 is 1.38 bits per heavy atom. The van der Waals surface area contributed by atoms with Crippen molar-refractivity contribution >= 4 is 45.7 Å². The summed E-state index contributed by atoms with van der Waals surface area (Å²) in [5.74, 6) is 0.544. The number of amides is 1. The van der Waals surface area contributed by atoms with E-state index in [2.05, 4.69) is 50.1 Å². The molecule has 0 spiro atoms. The van der Waals surface area contributed by atoms with Crippen LogP contribution in [0.15, 0.2) is 36.8 Å². The number of anilines is 2. The third-order valence-corrected chi connectivity index (χ3v) is 4.59. The van der Waals surface area contributed by atoms with Crippen molar-refractivity contribution < 1.29 is 9.53 Å². The highest BCUT2D eigenvalue weighted by atomic mass is 127. The molecule has 0 atom stereocenters. The minimum absolute atomic E-state index is 0.121. The van der Waals surface area contributed by atoms with Crippen LogP contribution in [0.1, 0.15) is 15.9 Å². The molecule has 3 aromatic rings. The van der Waals surface area contributed by atoms with Gasteiger partial charge in [-0.15, -0.1) is 0 Å². The lowest BCUT2D eigenvalue weighted by atomic mass is 10.1. The quantitative estimate of drug-likeness (QED) is 0.415. The van der Waals surface area contributed by atoms with Crippen LogP contribution in [0.2, 0.25) is 0 Å². The van der Waals surface area contributed by atoms with Crippen molar-refractivity contribution in [2.24, 2.45) is 0 Å². The van der Waals surface area contributed by atoms with Crippen LogP contribution in [0, 0.1) is 17.5 Å². The Balaban J connectivity index is 1.74. The summed E-state index contributed by atoms with van der Waals surface area (Å²) in [6, 6.07) is 5.57. The molecule has 2 aromatic heterocycles. The molecule has 0 bridgehead atoms. The van der Waals surface area contributed by atoms with Crippen LogP contribution in [-0.4, -0.2) is 40.0 Å². The number of rotatable bonds is 7. The van der Waals surface area contributed by atoms with Gasteiger partial charge in [0.25, 0.3) is 5.91 Å². The number of carbonyl (C=O) groups is 1. The molecule has 0 unspecified atom stereocenters. The first-order valence-electron chi connectivity index (χ1n) is 8.10. The fourth-order valence-corrected chi connectivity index (χ4v) is 3.07. The van der Waals surface area contributed by atoms with Gasteiger partial charge in [0.1, 0.15) is 3.70 Å². The van der Waals surface area contributed by atoms with Crippen LogP contribution >= 0.6 is 22.6 Å². The average Bonchev–Trinajstić information content (AvgIpc) is 3.01. The van der Waals surface area contributed by atoms with Gasteiger partial charge in [-0.3, -0.25) is 9.20 Å². The van der Waals surface area contributed by atoms with E-state index < -0.39 is 0 Å². The zero-order valence-corrected chi connectivity index (χ0v) is 16.5. The molecule has 3 rings (SSSR count). The zero-order chi connectivity index (χ0) is 18.5. The minimum atomic E-state index is -0.121. The predicted molar refractivity (Wildman–Crippen MR) is 109 cm³/mol. The molecule has 26 heavy (non-hydrogen) atoms. The molecule has 0 aliphatic heterocycles. The highest BCUT2D eigenvalue weighted by Gasteiger charge is 2.11. The topological polar surface area (TPSA) is 80.5 Å². The second-order valence-electron chi connectivity index (χ2n) is 5.57. The molecule has 0 fully saturated rings. The van der Waals surface area contributed by atoms with E-state index >= 15 is 0 Å². The van der Waals surface area contributed by atoms with Crippen molar-refractivity contribution in [2.75, 3.05) is 25.1 Å². The second-order valence-corrected chi connectivity index (χ2v) is 6.68. The third-order valence-electron chi connectivity index (χ3n) is 3.79. The summed E-state index contributed by atoms with van der Waals surface area (Å²) < 4.78 is 8.09. The normalized spacial score (nSPS) is 10.9. The molecule has 1 aromatic carbocycles. The van der Waals surface area contributed by atoms with E-state index in [1.165, 1.54) is 0 Å². The summed E-state index contributed by atoms with van der Waals surface area (Å²) in [7, 11) is 0. The first kappa shape index (κ1) is 18.6. The van der Waals surface area contributed by atoms with Crippen LogP contribution in [-0.2, 0) is 4.74 Å². The van der Waals surface area contributed by atoms with E-state index in [9.17, 15) is 4.79 Å². The fraction of sp³-hybridized carbons (Fsp3) is 0.222. The summed E-state index contributed by atoms with van der Waals surface area (Å²) >= 11 is 2.22. The maximum absolute atomic E-state index is 12.2. The molecule has 8 heteroatoms. The second kappa shape index (κ2) is 8.45. The molecule has 1 radical (unpaired) electrons. The van der Waals surface area contributed by atoms with E-state index in [1.54, 1.807) is 18.5 Å². The maximum atomic E-state index is 12.2. The Kier molecular flexibility index (Phi) is 6.04. The standard InChI is InChI=1S/C18H19IN5O2/c1-3-26-9-7-21-18(25)14-5-4-13(10-12(14)2)23-16-17-22-11-15(19)24(17)8-6-20-16/h4-6,8,10-11H,1,3,7,9H2,2H3,(H,20,23)(H,21,25). The van der Waals surface area contributed by atoms with Crippen molar-refractivity contribution in [1.82, 2.24) is 19.7 Å². The smallest absolute Gasteiger partial charge is 0.251 e. The van der Waals surface area contributed by atoms with Crippen molar-refractivity contribution in [2.45, 2.75) is 6.92 Å². The number of hydrogen-bond donors (Lipinski definition) is 2. The van der Waals surface area contributed by atoms with E-state index in [1.807, 2.05) is 29.7 Å². The molecular formula is C18H19IN5O2. The lowest BCUT2D eigenvalue weighted by Crippen LogP contribution is -2.27. The fourth-order valence-electron chi connectivity index (χ4n) is 2.54. The SMILES string of the molecule is [CH2]COCCNC(=O)c1ccc(Nc2nccn3c(I)cnc23)cc1C. The van der Waals surface area contributed by atoms with Gasteiger partial charge >= 0.3 is 0 Å². The molecule has 0 saturated carbocycles. The van der Waals surface area contributed by atoms with E-state index in [0.717, 1.165) is 20.6 Å². The molecule has 1 amide bonds. The summed E-state index contributed by atoms with van der Waals surface area (Å²) in [6.45, 7) is 6.79. The number of nitrogens with zero attached hydrogens (tertiary/aromatic N) is 3. The number of benzene rings is 1. The Morgan fingerprint density at radius 3 is 3.00 bits per heavy atom. The molecule has 0 aliphatic carbocycles. The largest absolute Gasteiger partial charge is 0.380 e. The lowest BCUT2D eigenvalue weighted by Gasteiger charge is -2.11. The average molecular weight is 464 g/mol. The molecule has 135 valence electrons. The van der Waals surface area contributed by atoms with Crippen LogP contribution in [0.4, 0.5) is 11.5 Å². The summed E-state index contributed by atoms with van der Waals surface area (Å²) in [5, 5.41) is 6.10. The Bertz CT molecular complexity index is 925. The summed E-state index contributed by atoms with van der Waals surface area (Å²) in [4.78, 5) is 21.0. The first-order valence-corrected chi connectivity index (χ1v) is 9.18. The molecular weight excluding hydrogens is 445 g/mol. The summed E-state index contributed by atoms with van der Waals surface area (Å²) in [6.07, 6.45) is 5.38. The van der Waals surface area contributed by atoms with Crippen molar-refractivity contribution in [1.29, 1.82) is 0 Å². The number of aromatic nitrogens is 3. The Labute approximate surface area is 165 Å². The molecule has 2 N–H and O–H groups in total. The van der Waals surface area contributed by atoms with Gasteiger partial charge in [0.05, 0.1) is 12.8 Å². The van der Waals surface area contributed by atoms with Crippen molar-refractivity contribution in [3.05, 3.63) is 58.5 Å². The van der Waals surface area contributed by atoms with Crippen LogP contribution in [0.5, 0.6) is 0 Å². The molecule has 0 saturated heterocycles. The van der Waals surface area contributed by atoms with Gasteiger partial charge in [-0.25, -0.2) is 9.97 Å². The number of aryl methyl sites for hydroxylation is 1. The van der Waals surface area contributed by atoms with Gasteiger partial charge < -0.3 is 15.4 Å². The molecule has 2 heterocycles. The first-order chi connectivity index (χ1) is 12.6. The monoisotopic (exact) mass is 464 g/mol. The predicted octanol–water partition coefficient (Wildman–Crippen LogP) is 2.97. The van der Waals surface area contributed by atoms with Gasteiger partial charge in [0.2, 0.25) is 0 Å². The van der Waals surface area contributed by atoms with Crippen LogP contribution < -0.4 is 10.6 Å². The third kappa shape index (κ3) is 4.13.